The average molecular weight is 291 g/mol. The fraction of sp³-hybridized carbons (Fsp3) is 0.0556. The topological polar surface area (TPSA) is 51.3 Å². The van der Waals surface area contributed by atoms with Gasteiger partial charge in [0.25, 0.3) is 0 Å². The van der Waals surface area contributed by atoms with Crippen LogP contribution in [0.3, 0.4) is 0 Å². The Morgan fingerprint density at radius 2 is 2.05 bits per heavy atom. The molecule has 3 aromatic rings. The number of H-pyrrole nitrogens is 1. The van der Waals surface area contributed by atoms with Crippen molar-refractivity contribution < 1.29 is 14.3 Å². The number of aromatic amines is 1. The van der Waals surface area contributed by atoms with Crippen molar-refractivity contribution in [2.45, 2.75) is 0 Å². The summed E-state index contributed by atoms with van der Waals surface area (Å²) in [7, 11) is 1.58. The number of hydrogen-bond acceptors (Lipinski definition) is 3. The molecule has 0 unspecified atom stereocenters. The Hall–Kier alpha value is -3.01. The van der Waals surface area contributed by atoms with Crippen LogP contribution < -0.4 is 9.47 Å². The van der Waals surface area contributed by atoms with Crippen molar-refractivity contribution in [2.24, 2.45) is 0 Å². The van der Waals surface area contributed by atoms with Crippen molar-refractivity contribution in [3.8, 4) is 11.5 Å². The number of ether oxygens (including phenoxy) is 2. The Kier molecular flexibility index (Phi) is 2.76. The Labute approximate surface area is 127 Å². The molecule has 0 saturated carbocycles. The van der Waals surface area contributed by atoms with Gasteiger partial charge >= 0.3 is 0 Å². The first-order chi connectivity index (χ1) is 10.8. The molecule has 1 aromatic heterocycles. The molecular formula is C18H13NO3. The van der Waals surface area contributed by atoms with E-state index in [-0.39, 0.29) is 5.78 Å². The van der Waals surface area contributed by atoms with E-state index in [9.17, 15) is 4.79 Å². The van der Waals surface area contributed by atoms with Crippen molar-refractivity contribution in [1.29, 1.82) is 0 Å². The Balaban J connectivity index is 1.77. The summed E-state index contributed by atoms with van der Waals surface area (Å²) in [5, 5.41) is 1.06. The molecule has 1 aliphatic rings. The maximum absolute atomic E-state index is 12.4. The first-order valence-electron chi connectivity index (χ1n) is 6.94. The number of benzene rings is 2. The molecular weight excluding hydrogens is 278 g/mol. The van der Waals surface area contributed by atoms with Crippen LogP contribution in [0.1, 0.15) is 15.9 Å². The molecule has 0 fully saturated rings. The first kappa shape index (κ1) is 12.7. The van der Waals surface area contributed by atoms with Crippen LogP contribution in [-0.4, -0.2) is 17.9 Å². The number of fused-ring (bicyclic) bond motifs is 2. The largest absolute Gasteiger partial charge is 0.497 e. The third-order valence-electron chi connectivity index (χ3n) is 3.78. The molecule has 0 bridgehead atoms. The maximum Gasteiger partial charge on any atom is 0.231 e. The van der Waals surface area contributed by atoms with Gasteiger partial charge in [-0.05, 0) is 24.3 Å². The predicted octanol–water partition coefficient (Wildman–Crippen LogP) is 3.79. The van der Waals surface area contributed by atoms with E-state index in [4.69, 9.17) is 9.47 Å². The van der Waals surface area contributed by atoms with E-state index in [2.05, 4.69) is 4.98 Å². The molecule has 4 rings (SSSR count). The molecule has 0 saturated heterocycles. The van der Waals surface area contributed by atoms with E-state index in [1.807, 2.05) is 30.5 Å². The number of methoxy groups -OCH3 is 1. The predicted molar refractivity (Wildman–Crippen MR) is 84.2 cm³/mol. The van der Waals surface area contributed by atoms with Gasteiger partial charge in [0.05, 0.1) is 12.7 Å². The zero-order chi connectivity index (χ0) is 15.1. The summed E-state index contributed by atoms with van der Waals surface area (Å²) in [5.74, 6) is 1.42. The lowest BCUT2D eigenvalue weighted by molar-refractivity contribution is 0.101. The van der Waals surface area contributed by atoms with Crippen LogP contribution in [-0.2, 0) is 0 Å². The van der Waals surface area contributed by atoms with E-state index < -0.39 is 0 Å². The van der Waals surface area contributed by atoms with Crippen LogP contribution in [0.4, 0.5) is 0 Å². The number of rotatable bonds is 2. The van der Waals surface area contributed by atoms with Crippen LogP contribution in [0, 0.1) is 0 Å². The third kappa shape index (κ3) is 1.89. The standard InChI is InChI=1S/C18H13NO3/c1-21-12-6-7-14-16(9-12)22-17(18(14)20)8-11-10-19-15-5-3-2-4-13(11)15/h2-10,19H,1H3/b17-8-. The molecule has 2 heterocycles. The molecule has 0 radical (unpaired) electrons. The highest BCUT2D eigenvalue weighted by Gasteiger charge is 2.27. The zero-order valence-corrected chi connectivity index (χ0v) is 11.9. The van der Waals surface area contributed by atoms with Gasteiger partial charge in [0, 0.05) is 28.7 Å². The van der Waals surface area contributed by atoms with E-state index in [1.54, 1.807) is 31.4 Å². The summed E-state index contributed by atoms with van der Waals surface area (Å²) >= 11 is 0. The summed E-state index contributed by atoms with van der Waals surface area (Å²) in [6, 6.07) is 13.1. The minimum atomic E-state index is -0.108. The van der Waals surface area contributed by atoms with Gasteiger partial charge < -0.3 is 14.5 Å². The van der Waals surface area contributed by atoms with Crippen LogP contribution in [0.25, 0.3) is 17.0 Å². The Morgan fingerprint density at radius 3 is 2.91 bits per heavy atom. The number of Topliss-reactive ketones (excluding diaryl/α,β-unsaturated/α-hetero) is 1. The molecule has 0 amide bonds. The summed E-state index contributed by atoms with van der Waals surface area (Å²) in [5.41, 5.74) is 2.52. The van der Waals surface area contributed by atoms with Crippen molar-refractivity contribution in [3.63, 3.8) is 0 Å². The van der Waals surface area contributed by atoms with Gasteiger partial charge in [-0.3, -0.25) is 4.79 Å². The van der Waals surface area contributed by atoms with E-state index >= 15 is 0 Å². The highest BCUT2D eigenvalue weighted by atomic mass is 16.5. The Morgan fingerprint density at radius 1 is 1.18 bits per heavy atom. The molecule has 1 N–H and O–H groups in total. The van der Waals surface area contributed by atoms with Crippen LogP contribution in [0.2, 0.25) is 0 Å². The van der Waals surface area contributed by atoms with Gasteiger partial charge in [-0.25, -0.2) is 0 Å². The van der Waals surface area contributed by atoms with Crippen molar-refractivity contribution in [3.05, 3.63) is 65.5 Å². The van der Waals surface area contributed by atoms with E-state index in [0.29, 0.717) is 22.8 Å². The van der Waals surface area contributed by atoms with Crippen LogP contribution in [0.15, 0.2) is 54.4 Å². The lowest BCUT2D eigenvalue weighted by atomic mass is 10.1. The molecule has 22 heavy (non-hydrogen) atoms. The molecule has 4 nitrogen and oxygen atoms in total. The maximum atomic E-state index is 12.4. The minimum Gasteiger partial charge on any atom is -0.497 e. The van der Waals surface area contributed by atoms with E-state index in [1.165, 1.54) is 0 Å². The van der Waals surface area contributed by atoms with Crippen LogP contribution in [0.5, 0.6) is 11.5 Å². The number of nitrogens with one attached hydrogen (secondary N) is 1. The summed E-state index contributed by atoms with van der Waals surface area (Å²) in [6.45, 7) is 0. The highest BCUT2D eigenvalue weighted by molar-refractivity contribution is 6.15. The van der Waals surface area contributed by atoms with E-state index in [0.717, 1.165) is 16.5 Å². The molecule has 0 atom stereocenters. The summed E-state index contributed by atoms with van der Waals surface area (Å²) < 4.78 is 10.9. The summed E-state index contributed by atoms with van der Waals surface area (Å²) in [6.07, 6.45) is 3.64. The van der Waals surface area contributed by atoms with Crippen LogP contribution >= 0.6 is 0 Å². The van der Waals surface area contributed by atoms with Gasteiger partial charge in [-0.15, -0.1) is 0 Å². The fourth-order valence-corrected chi connectivity index (χ4v) is 2.65. The Bertz CT molecular complexity index is 921. The normalized spacial score (nSPS) is 15.1. The quantitative estimate of drug-likeness (QED) is 0.731. The van der Waals surface area contributed by atoms with Crippen molar-refractivity contribution in [1.82, 2.24) is 4.98 Å². The number of aromatic nitrogens is 1. The lowest BCUT2D eigenvalue weighted by Gasteiger charge is -2.01. The van der Waals surface area contributed by atoms with Crippen molar-refractivity contribution in [2.75, 3.05) is 7.11 Å². The molecule has 2 aromatic carbocycles. The molecule has 0 spiro atoms. The third-order valence-corrected chi connectivity index (χ3v) is 3.78. The molecule has 4 heteroatoms. The zero-order valence-electron chi connectivity index (χ0n) is 11.9. The summed E-state index contributed by atoms with van der Waals surface area (Å²) in [4.78, 5) is 15.6. The lowest BCUT2D eigenvalue weighted by Crippen LogP contribution is -1.97. The SMILES string of the molecule is COc1ccc2c(c1)O/C(=C\c1c[nH]c3ccccc13)C2=O. The molecule has 0 aliphatic carbocycles. The van der Waals surface area contributed by atoms with Gasteiger partial charge in [-0.2, -0.15) is 0 Å². The van der Waals surface area contributed by atoms with Gasteiger partial charge in [0.1, 0.15) is 11.5 Å². The monoisotopic (exact) mass is 291 g/mol. The minimum absolute atomic E-state index is 0.108. The average Bonchev–Trinajstić information content (AvgIpc) is 3.10. The fourth-order valence-electron chi connectivity index (χ4n) is 2.65. The number of carbonyl (C=O) groups excluding carboxylic acids is 1. The molecule has 1 aliphatic heterocycles. The highest BCUT2D eigenvalue weighted by Crippen LogP contribution is 2.35. The number of para-hydroxylation sites is 1. The number of carbonyl (C=O) groups is 1. The van der Waals surface area contributed by atoms with Gasteiger partial charge in [0.2, 0.25) is 5.78 Å². The molecule has 108 valence electrons. The number of ketones is 1. The first-order valence-corrected chi connectivity index (χ1v) is 6.94. The second kappa shape index (κ2) is 4.77. The van der Waals surface area contributed by atoms with Gasteiger partial charge in [-0.1, -0.05) is 18.2 Å². The second-order valence-electron chi connectivity index (χ2n) is 5.09. The van der Waals surface area contributed by atoms with Gasteiger partial charge in [0.15, 0.2) is 5.76 Å². The number of allylic oxidation sites excluding steroid dienone is 1. The second-order valence-corrected chi connectivity index (χ2v) is 5.09. The smallest absolute Gasteiger partial charge is 0.231 e. The number of hydrogen-bond donors (Lipinski definition) is 1. The van der Waals surface area contributed by atoms with Crippen molar-refractivity contribution >= 4 is 22.8 Å².